The number of hydrogen-bond donors (Lipinski definition) is 1. The van der Waals surface area contributed by atoms with Crippen LogP contribution in [0.2, 0.25) is 0 Å². The van der Waals surface area contributed by atoms with Gasteiger partial charge in [0.2, 0.25) is 0 Å². The van der Waals surface area contributed by atoms with Crippen molar-refractivity contribution in [3.63, 3.8) is 0 Å². The molecule has 1 heterocycles. The maximum absolute atomic E-state index is 11.5. The quantitative estimate of drug-likeness (QED) is 0.882. The first-order chi connectivity index (χ1) is 8.20. The minimum absolute atomic E-state index is 0.333. The fraction of sp³-hybridized carbons (Fsp3) is 0.462. The highest BCUT2D eigenvalue weighted by Crippen LogP contribution is 2.41. The van der Waals surface area contributed by atoms with E-state index in [-0.39, 0.29) is 5.76 Å². The normalized spacial score (nSPS) is 17.5. The van der Waals surface area contributed by atoms with Crippen LogP contribution in [-0.4, -0.2) is 9.67 Å². The van der Waals surface area contributed by atoms with E-state index >= 15 is 0 Å². The van der Waals surface area contributed by atoms with Gasteiger partial charge < -0.3 is 9.52 Å². The second-order valence-corrected chi connectivity index (χ2v) is 4.62. The molecule has 0 amide bonds. The van der Waals surface area contributed by atoms with Gasteiger partial charge in [-0.05, 0) is 43.4 Å². The Morgan fingerprint density at radius 2 is 2.29 bits per heavy atom. The average molecular weight is 233 g/mol. The zero-order chi connectivity index (χ0) is 12.0. The van der Waals surface area contributed by atoms with Crippen molar-refractivity contribution in [1.29, 1.82) is 0 Å². The van der Waals surface area contributed by atoms with Gasteiger partial charge in [-0.25, -0.2) is 4.79 Å². The average Bonchev–Trinajstić information content (AvgIpc) is 3.10. The number of nitrogens with zero attached hydrogens (tertiary/aromatic N) is 1. The molecule has 1 aliphatic carbocycles. The predicted molar refractivity (Wildman–Crippen MR) is 63.8 cm³/mol. The molecule has 1 aromatic carbocycles. The van der Waals surface area contributed by atoms with Gasteiger partial charge in [0, 0.05) is 6.54 Å². The molecule has 4 nitrogen and oxygen atoms in total. The number of aliphatic hydroxyl groups excluding tert-OH is 1. The van der Waals surface area contributed by atoms with E-state index in [1.54, 1.807) is 10.6 Å². The van der Waals surface area contributed by atoms with E-state index < -0.39 is 6.10 Å². The van der Waals surface area contributed by atoms with E-state index in [4.69, 9.17) is 4.42 Å². The molecule has 0 radical (unpaired) electrons. The Morgan fingerprint density at radius 1 is 1.53 bits per heavy atom. The van der Waals surface area contributed by atoms with Gasteiger partial charge in [0.15, 0.2) is 5.58 Å². The Labute approximate surface area is 98.5 Å². The number of benzene rings is 1. The SMILES string of the molecule is CCn1c(=O)oc2cc(C(O)C3CC3)ccc21. The number of aliphatic hydroxyl groups is 1. The van der Waals surface area contributed by atoms with Crippen LogP contribution in [0, 0.1) is 5.92 Å². The maximum atomic E-state index is 11.5. The second kappa shape index (κ2) is 3.74. The van der Waals surface area contributed by atoms with E-state index in [0.717, 1.165) is 23.9 Å². The van der Waals surface area contributed by atoms with Gasteiger partial charge in [0.1, 0.15) is 0 Å². The van der Waals surface area contributed by atoms with Gasteiger partial charge in [-0.3, -0.25) is 4.57 Å². The Kier molecular flexibility index (Phi) is 2.33. The summed E-state index contributed by atoms with van der Waals surface area (Å²) in [6.45, 7) is 2.50. The zero-order valence-corrected chi connectivity index (χ0v) is 9.72. The number of rotatable bonds is 3. The van der Waals surface area contributed by atoms with Crippen LogP contribution in [0.15, 0.2) is 27.4 Å². The molecule has 17 heavy (non-hydrogen) atoms. The molecule has 1 N–H and O–H groups in total. The van der Waals surface area contributed by atoms with Crippen LogP contribution < -0.4 is 5.76 Å². The van der Waals surface area contributed by atoms with Crippen molar-refractivity contribution in [2.24, 2.45) is 5.92 Å². The molecule has 0 saturated heterocycles. The molecule has 2 aromatic rings. The summed E-state index contributed by atoms with van der Waals surface area (Å²) in [6.07, 6.45) is 1.74. The Balaban J connectivity index is 2.10. The van der Waals surface area contributed by atoms with Crippen molar-refractivity contribution >= 4 is 11.1 Å². The van der Waals surface area contributed by atoms with Crippen LogP contribution in [0.3, 0.4) is 0 Å². The molecule has 0 spiro atoms. The number of fused-ring (bicyclic) bond motifs is 1. The summed E-state index contributed by atoms with van der Waals surface area (Å²) in [5.41, 5.74) is 2.20. The highest BCUT2D eigenvalue weighted by atomic mass is 16.4. The lowest BCUT2D eigenvalue weighted by molar-refractivity contribution is 0.154. The monoisotopic (exact) mass is 233 g/mol. The standard InChI is InChI=1S/C13H15NO3/c1-2-14-10-6-5-9(12(15)8-3-4-8)7-11(10)17-13(14)16/h5-8,12,15H,2-4H2,1H3. The highest BCUT2D eigenvalue weighted by molar-refractivity contribution is 5.73. The molecule has 1 saturated carbocycles. The summed E-state index contributed by atoms with van der Waals surface area (Å²) >= 11 is 0. The van der Waals surface area contributed by atoms with Gasteiger partial charge in [-0.2, -0.15) is 0 Å². The maximum Gasteiger partial charge on any atom is 0.419 e. The van der Waals surface area contributed by atoms with Crippen molar-refractivity contribution in [3.05, 3.63) is 34.3 Å². The van der Waals surface area contributed by atoms with Gasteiger partial charge in [0.25, 0.3) is 0 Å². The summed E-state index contributed by atoms with van der Waals surface area (Å²) in [5.74, 6) is 0.0491. The van der Waals surface area contributed by atoms with Crippen LogP contribution in [0.1, 0.15) is 31.4 Å². The lowest BCUT2D eigenvalue weighted by Crippen LogP contribution is -2.11. The van der Waals surface area contributed by atoms with Crippen LogP contribution >= 0.6 is 0 Å². The van der Waals surface area contributed by atoms with Gasteiger partial charge in [-0.15, -0.1) is 0 Å². The number of oxazole rings is 1. The third-order valence-corrected chi connectivity index (χ3v) is 3.42. The minimum Gasteiger partial charge on any atom is -0.408 e. The second-order valence-electron chi connectivity index (χ2n) is 4.62. The van der Waals surface area contributed by atoms with Crippen LogP contribution in [0.4, 0.5) is 0 Å². The Hall–Kier alpha value is -1.55. The number of hydrogen-bond acceptors (Lipinski definition) is 3. The van der Waals surface area contributed by atoms with Crippen molar-refractivity contribution in [2.75, 3.05) is 0 Å². The summed E-state index contributed by atoms with van der Waals surface area (Å²) in [4.78, 5) is 11.5. The molecule has 1 fully saturated rings. The number of aryl methyl sites for hydroxylation is 1. The molecular weight excluding hydrogens is 218 g/mol. The number of aromatic nitrogens is 1. The topological polar surface area (TPSA) is 55.4 Å². The Bertz CT molecular complexity index is 607. The molecule has 0 aliphatic heterocycles. The lowest BCUT2D eigenvalue weighted by Gasteiger charge is -2.08. The van der Waals surface area contributed by atoms with Gasteiger partial charge in [0.05, 0.1) is 11.6 Å². The first-order valence-electron chi connectivity index (χ1n) is 6.02. The van der Waals surface area contributed by atoms with Crippen LogP contribution in [-0.2, 0) is 6.54 Å². The first kappa shape index (κ1) is 10.6. The van der Waals surface area contributed by atoms with Crippen molar-refractivity contribution < 1.29 is 9.52 Å². The molecule has 1 unspecified atom stereocenters. The predicted octanol–water partition coefficient (Wildman–Crippen LogP) is 2.06. The highest BCUT2D eigenvalue weighted by Gasteiger charge is 2.31. The summed E-state index contributed by atoms with van der Waals surface area (Å²) < 4.78 is 6.76. The van der Waals surface area contributed by atoms with Crippen LogP contribution in [0.5, 0.6) is 0 Å². The van der Waals surface area contributed by atoms with Crippen molar-refractivity contribution in [3.8, 4) is 0 Å². The molecule has 1 aliphatic rings. The van der Waals surface area contributed by atoms with Gasteiger partial charge >= 0.3 is 5.76 Å². The van der Waals surface area contributed by atoms with E-state index in [0.29, 0.717) is 18.0 Å². The lowest BCUT2D eigenvalue weighted by atomic mass is 10.1. The molecule has 90 valence electrons. The van der Waals surface area contributed by atoms with Crippen molar-refractivity contribution in [1.82, 2.24) is 4.57 Å². The minimum atomic E-state index is -0.422. The van der Waals surface area contributed by atoms with E-state index in [1.807, 2.05) is 19.1 Å². The van der Waals surface area contributed by atoms with Gasteiger partial charge in [-0.1, -0.05) is 6.07 Å². The molecule has 1 atom stereocenters. The molecule has 0 bridgehead atoms. The molecule has 4 heteroatoms. The van der Waals surface area contributed by atoms with Crippen molar-refractivity contribution in [2.45, 2.75) is 32.4 Å². The molecular formula is C13H15NO3. The third kappa shape index (κ3) is 1.69. The summed E-state index contributed by atoms with van der Waals surface area (Å²) in [7, 11) is 0. The fourth-order valence-electron chi connectivity index (χ4n) is 2.25. The molecule has 3 rings (SSSR count). The first-order valence-corrected chi connectivity index (χ1v) is 6.02. The van der Waals surface area contributed by atoms with E-state index in [9.17, 15) is 9.90 Å². The van der Waals surface area contributed by atoms with Crippen LogP contribution in [0.25, 0.3) is 11.1 Å². The smallest absolute Gasteiger partial charge is 0.408 e. The summed E-state index contributed by atoms with van der Waals surface area (Å²) in [5, 5.41) is 10.0. The third-order valence-electron chi connectivity index (χ3n) is 3.42. The fourth-order valence-corrected chi connectivity index (χ4v) is 2.25. The zero-order valence-electron chi connectivity index (χ0n) is 9.72. The Morgan fingerprint density at radius 3 is 2.94 bits per heavy atom. The summed E-state index contributed by atoms with van der Waals surface area (Å²) in [6, 6.07) is 5.52. The van der Waals surface area contributed by atoms with E-state index in [2.05, 4.69) is 0 Å². The van der Waals surface area contributed by atoms with E-state index in [1.165, 1.54) is 0 Å². The molecule has 1 aromatic heterocycles. The largest absolute Gasteiger partial charge is 0.419 e.